The summed E-state index contributed by atoms with van der Waals surface area (Å²) >= 11 is 0. The van der Waals surface area contributed by atoms with Crippen LogP contribution < -0.4 is 5.43 Å². The van der Waals surface area contributed by atoms with Gasteiger partial charge in [-0.25, -0.2) is 5.01 Å². The van der Waals surface area contributed by atoms with Gasteiger partial charge in [-0.1, -0.05) is 39.5 Å². The molecular weight excluding hydrogens is 244 g/mol. The summed E-state index contributed by atoms with van der Waals surface area (Å²) in [6, 6.07) is 0. The summed E-state index contributed by atoms with van der Waals surface area (Å²) in [5, 5.41) is 10.2. The Morgan fingerprint density at radius 1 is 1.05 bits per heavy atom. The minimum atomic E-state index is -0.721. The Kier molecular flexibility index (Phi) is 8.39. The van der Waals surface area contributed by atoms with Crippen LogP contribution in [0.25, 0.3) is 0 Å². The third kappa shape index (κ3) is 9.47. The standard InChI is InChI=1S/C14H28N2O3/c1-14(2,13(19)15-16(3)4)11-9-7-5-6-8-10-12(17)18/h5-11H2,1-4H3,(H,15,19)(H,17,18). The van der Waals surface area contributed by atoms with Crippen molar-refractivity contribution in [1.82, 2.24) is 10.4 Å². The van der Waals surface area contributed by atoms with Gasteiger partial charge >= 0.3 is 5.97 Å². The SMILES string of the molecule is CN(C)NC(=O)C(C)(C)CCCCCCCC(=O)O. The average Bonchev–Trinajstić information content (AvgIpc) is 2.26. The van der Waals surface area contributed by atoms with E-state index in [1.165, 1.54) is 0 Å². The molecule has 0 atom stereocenters. The van der Waals surface area contributed by atoms with Gasteiger partial charge in [0.1, 0.15) is 0 Å². The summed E-state index contributed by atoms with van der Waals surface area (Å²) in [5.41, 5.74) is 2.43. The highest BCUT2D eigenvalue weighted by Gasteiger charge is 2.27. The number of carbonyl (C=O) groups is 2. The van der Waals surface area contributed by atoms with Crippen LogP contribution >= 0.6 is 0 Å². The van der Waals surface area contributed by atoms with Gasteiger partial charge in [0.05, 0.1) is 0 Å². The van der Waals surface area contributed by atoms with Crippen LogP contribution in [-0.4, -0.2) is 36.1 Å². The molecule has 0 radical (unpaired) electrons. The second-order valence-electron chi connectivity index (χ2n) is 5.88. The fourth-order valence-corrected chi connectivity index (χ4v) is 1.84. The Labute approximate surface area is 116 Å². The molecule has 0 aromatic carbocycles. The van der Waals surface area contributed by atoms with Crippen LogP contribution in [-0.2, 0) is 9.59 Å². The fraction of sp³-hybridized carbons (Fsp3) is 0.857. The van der Waals surface area contributed by atoms with E-state index >= 15 is 0 Å². The first kappa shape index (κ1) is 17.9. The first-order valence-electron chi connectivity index (χ1n) is 6.96. The third-order valence-electron chi connectivity index (χ3n) is 3.13. The number of rotatable bonds is 10. The Bertz CT molecular complexity index is 288. The highest BCUT2D eigenvalue weighted by molar-refractivity contribution is 5.81. The van der Waals surface area contributed by atoms with E-state index in [0.717, 1.165) is 38.5 Å². The number of unbranched alkanes of at least 4 members (excludes halogenated alkanes) is 4. The molecule has 5 heteroatoms. The van der Waals surface area contributed by atoms with Gasteiger partial charge in [0.15, 0.2) is 0 Å². The first-order valence-corrected chi connectivity index (χ1v) is 6.96. The number of hydrogen-bond donors (Lipinski definition) is 2. The number of nitrogens with one attached hydrogen (secondary N) is 1. The Balaban J connectivity index is 3.69. The van der Waals surface area contributed by atoms with Crippen molar-refractivity contribution in [2.75, 3.05) is 14.1 Å². The summed E-state index contributed by atoms with van der Waals surface area (Å²) in [4.78, 5) is 22.2. The minimum Gasteiger partial charge on any atom is -0.481 e. The van der Waals surface area contributed by atoms with Crippen molar-refractivity contribution in [3.05, 3.63) is 0 Å². The molecule has 0 unspecified atom stereocenters. The maximum Gasteiger partial charge on any atom is 0.303 e. The molecule has 0 bridgehead atoms. The predicted octanol–water partition coefficient (Wildman–Crippen LogP) is 2.42. The quantitative estimate of drug-likeness (QED) is 0.473. The fourth-order valence-electron chi connectivity index (χ4n) is 1.84. The van der Waals surface area contributed by atoms with E-state index in [1.54, 1.807) is 19.1 Å². The predicted molar refractivity (Wildman–Crippen MR) is 75.6 cm³/mol. The molecule has 0 aliphatic carbocycles. The van der Waals surface area contributed by atoms with E-state index < -0.39 is 5.97 Å². The highest BCUT2D eigenvalue weighted by Crippen LogP contribution is 2.24. The number of aliphatic carboxylic acids is 1. The highest BCUT2D eigenvalue weighted by atomic mass is 16.4. The van der Waals surface area contributed by atoms with Gasteiger partial charge in [-0.15, -0.1) is 0 Å². The van der Waals surface area contributed by atoms with Crippen LogP contribution in [0.3, 0.4) is 0 Å². The van der Waals surface area contributed by atoms with Crippen LogP contribution in [0.5, 0.6) is 0 Å². The number of hydrogen-bond acceptors (Lipinski definition) is 3. The lowest BCUT2D eigenvalue weighted by atomic mass is 9.86. The Morgan fingerprint density at radius 3 is 2.11 bits per heavy atom. The molecule has 0 fully saturated rings. The van der Waals surface area contributed by atoms with E-state index in [0.29, 0.717) is 0 Å². The van der Waals surface area contributed by atoms with Crippen molar-refractivity contribution in [3.63, 3.8) is 0 Å². The molecule has 1 amide bonds. The second-order valence-corrected chi connectivity index (χ2v) is 5.88. The molecule has 2 N–H and O–H groups in total. The van der Waals surface area contributed by atoms with Gasteiger partial charge < -0.3 is 5.11 Å². The number of amides is 1. The lowest BCUT2D eigenvalue weighted by Crippen LogP contribution is -2.44. The van der Waals surface area contributed by atoms with Gasteiger partial charge in [-0.2, -0.15) is 0 Å². The zero-order valence-electron chi connectivity index (χ0n) is 12.7. The molecule has 5 nitrogen and oxygen atoms in total. The van der Waals surface area contributed by atoms with Crippen molar-refractivity contribution in [1.29, 1.82) is 0 Å². The molecule has 0 saturated heterocycles. The van der Waals surface area contributed by atoms with Crippen LogP contribution in [0, 0.1) is 5.41 Å². The molecular formula is C14H28N2O3. The largest absolute Gasteiger partial charge is 0.481 e. The maximum absolute atomic E-state index is 11.9. The molecule has 0 aliphatic rings. The van der Waals surface area contributed by atoms with Crippen LogP contribution in [0.4, 0.5) is 0 Å². The minimum absolute atomic E-state index is 0.0448. The van der Waals surface area contributed by atoms with Gasteiger partial charge in [0.25, 0.3) is 0 Å². The molecule has 0 aromatic heterocycles. The van der Waals surface area contributed by atoms with E-state index in [-0.39, 0.29) is 17.7 Å². The van der Waals surface area contributed by atoms with Crippen LogP contribution in [0.15, 0.2) is 0 Å². The van der Waals surface area contributed by atoms with Gasteiger partial charge in [-0.05, 0) is 12.8 Å². The van der Waals surface area contributed by atoms with Crippen LogP contribution in [0.2, 0.25) is 0 Å². The van der Waals surface area contributed by atoms with E-state index in [2.05, 4.69) is 5.43 Å². The van der Waals surface area contributed by atoms with Gasteiger partial charge in [0.2, 0.25) is 5.91 Å². The molecule has 112 valence electrons. The molecule has 0 saturated carbocycles. The number of hydrazine groups is 1. The van der Waals surface area contributed by atoms with Crippen molar-refractivity contribution in [2.45, 2.75) is 58.8 Å². The summed E-state index contributed by atoms with van der Waals surface area (Å²) in [5.74, 6) is -0.676. The number of carbonyl (C=O) groups excluding carboxylic acids is 1. The maximum atomic E-state index is 11.9. The first-order chi connectivity index (χ1) is 8.75. The van der Waals surface area contributed by atoms with Gasteiger partial charge in [-0.3, -0.25) is 15.0 Å². The van der Waals surface area contributed by atoms with E-state index in [4.69, 9.17) is 5.11 Å². The topological polar surface area (TPSA) is 69.6 Å². The number of nitrogens with zero attached hydrogens (tertiary/aromatic N) is 1. The van der Waals surface area contributed by atoms with Crippen LogP contribution in [0.1, 0.15) is 58.8 Å². The average molecular weight is 272 g/mol. The molecule has 0 aliphatic heterocycles. The summed E-state index contributed by atoms with van der Waals surface area (Å²) in [6.07, 6.45) is 5.91. The summed E-state index contributed by atoms with van der Waals surface area (Å²) in [6.45, 7) is 3.91. The van der Waals surface area contributed by atoms with E-state index in [1.807, 2.05) is 13.8 Å². The second kappa shape index (κ2) is 8.91. The lowest BCUT2D eigenvalue weighted by molar-refractivity contribution is -0.137. The number of carboxylic acid groups (broad SMARTS) is 1. The van der Waals surface area contributed by atoms with Crippen molar-refractivity contribution >= 4 is 11.9 Å². The molecule has 0 spiro atoms. The van der Waals surface area contributed by atoms with E-state index in [9.17, 15) is 9.59 Å². The zero-order valence-corrected chi connectivity index (χ0v) is 12.7. The van der Waals surface area contributed by atoms with Crippen molar-refractivity contribution in [3.8, 4) is 0 Å². The van der Waals surface area contributed by atoms with Crippen molar-refractivity contribution < 1.29 is 14.7 Å². The Morgan fingerprint density at radius 2 is 1.58 bits per heavy atom. The molecule has 0 rings (SSSR count). The zero-order chi connectivity index (χ0) is 14.9. The van der Waals surface area contributed by atoms with Gasteiger partial charge in [0, 0.05) is 25.9 Å². The molecule has 19 heavy (non-hydrogen) atoms. The summed E-state index contributed by atoms with van der Waals surface area (Å²) in [7, 11) is 3.60. The Hall–Kier alpha value is -1.10. The molecule has 0 heterocycles. The monoisotopic (exact) mass is 272 g/mol. The normalized spacial score (nSPS) is 11.6. The lowest BCUT2D eigenvalue weighted by Gasteiger charge is -2.25. The third-order valence-corrected chi connectivity index (χ3v) is 3.13. The van der Waals surface area contributed by atoms with Crippen molar-refractivity contribution in [2.24, 2.45) is 5.41 Å². The smallest absolute Gasteiger partial charge is 0.303 e. The summed E-state index contributed by atoms with van der Waals surface area (Å²) < 4.78 is 0. The number of carboxylic acids is 1. The molecule has 0 aromatic rings.